The Morgan fingerprint density at radius 3 is 1.78 bits per heavy atom. The van der Waals surface area contributed by atoms with E-state index in [1.54, 1.807) is 0 Å². The summed E-state index contributed by atoms with van der Waals surface area (Å²) in [5.74, 6) is 0. The van der Waals surface area contributed by atoms with E-state index in [0.717, 1.165) is 19.1 Å². The van der Waals surface area contributed by atoms with E-state index in [4.69, 9.17) is 18.6 Å². The summed E-state index contributed by atoms with van der Waals surface area (Å²) in [5, 5.41) is 0. The smallest absolute Gasteiger partial charge is 0.229 e. The summed E-state index contributed by atoms with van der Waals surface area (Å²) >= 11 is 0. The van der Waals surface area contributed by atoms with Gasteiger partial charge in [0.2, 0.25) is 9.76 Å². The molecule has 0 aliphatic carbocycles. The summed E-state index contributed by atoms with van der Waals surface area (Å²) in [5.41, 5.74) is 0. The summed E-state index contributed by atoms with van der Waals surface area (Å²) in [6, 6.07) is 1.15. The van der Waals surface area contributed by atoms with E-state index in [1.807, 2.05) is 0 Å². The average Bonchev–Trinajstić information content (AvgIpc) is 2.39. The van der Waals surface area contributed by atoms with Gasteiger partial charge in [0.25, 0.3) is 0 Å². The third-order valence-electron chi connectivity index (χ3n) is 2.17. The van der Waals surface area contributed by atoms with Crippen LogP contribution in [0.3, 0.4) is 0 Å². The minimum Gasteiger partial charge on any atom is -0.415 e. The van der Waals surface area contributed by atoms with Crippen LogP contribution in [0.2, 0.25) is 6.04 Å². The van der Waals surface area contributed by atoms with Gasteiger partial charge in [-0.3, -0.25) is 0 Å². The molecule has 0 aromatic carbocycles. The van der Waals surface area contributed by atoms with Gasteiger partial charge in [-0.15, -0.1) is 0 Å². The summed E-state index contributed by atoms with van der Waals surface area (Å²) in [4.78, 5) is 0. The third kappa shape index (κ3) is 16.1. The molecule has 0 heterocycles. The van der Waals surface area contributed by atoms with Crippen molar-refractivity contribution in [3.05, 3.63) is 0 Å². The molecule has 18 heavy (non-hydrogen) atoms. The van der Waals surface area contributed by atoms with Gasteiger partial charge in [-0.2, -0.15) is 0 Å². The quantitative estimate of drug-likeness (QED) is 0.340. The highest BCUT2D eigenvalue weighted by atomic mass is 28.2. The van der Waals surface area contributed by atoms with Crippen molar-refractivity contribution in [2.45, 2.75) is 39.2 Å². The predicted molar refractivity (Wildman–Crippen MR) is 74.2 cm³/mol. The molecule has 0 unspecified atom stereocenters. The Balaban J connectivity index is 2.86. The lowest BCUT2D eigenvalue weighted by molar-refractivity contribution is 0.00908. The zero-order valence-corrected chi connectivity index (χ0v) is 12.9. The van der Waals surface area contributed by atoms with Crippen LogP contribution in [0.4, 0.5) is 0 Å². The Morgan fingerprint density at radius 1 is 0.667 bits per heavy atom. The molecule has 0 N–H and O–H groups in total. The largest absolute Gasteiger partial charge is 0.415 e. The second-order valence-electron chi connectivity index (χ2n) is 3.93. The second kappa shape index (κ2) is 17.1. The fourth-order valence-corrected chi connectivity index (χ4v) is 1.71. The first-order chi connectivity index (χ1) is 8.91. The van der Waals surface area contributed by atoms with Gasteiger partial charge in [-0.1, -0.05) is 26.7 Å². The number of rotatable bonds is 15. The fourth-order valence-electron chi connectivity index (χ4n) is 1.14. The van der Waals surface area contributed by atoms with Crippen molar-refractivity contribution in [3.8, 4) is 0 Å². The second-order valence-corrected chi connectivity index (χ2v) is 5.01. The Kier molecular flexibility index (Phi) is 17.1. The molecule has 0 aliphatic heterocycles. The van der Waals surface area contributed by atoms with Crippen LogP contribution in [0.5, 0.6) is 0 Å². The van der Waals surface area contributed by atoms with E-state index in [9.17, 15) is 0 Å². The molecule has 108 valence electrons. The molecule has 0 saturated heterocycles. The van der Waals surface area contributed by atoms with Crippen LogP contribution < -0.4 is 0 Å². The van der Waals surface area contributed by atoms with E-state index in [1.165, 1.54) is 12.8 Å². The van der Waals surface area contributed by atoms with Crippen LogP contribution in [0.25, 0.3) is 0 Å². The van der Waals surface area contributed by atoms with Crippen LogP contribution >= 0.6 is 0 Å². The van der Waals surface area contributed by atoms with Crippen molar-refractivity contribution >= 4 is 9.76 Å². The van der Waals surface area contributed by atoms with E-state index in [2.05, 4.69) is 13.8 Å². The molecule has 0 aromatic rings. The highest BCUT2D eigenvalue weighted by molar-refractivity contribution is 6.26. The molecule has 0 spiro atoms. The average molecular weight is 276 g/mol. The molecular weight excluding hydrogens is 248 g/mol. The Morgan fingerprint density at radius 2 is 1.22 bits per heavy atom. The molecule has 0 aromatic heterocycles. The van der Waals surface area contributed by atoms with E-state index < -0.39 is 0 Å². The minimum absolute atomic E-state index is 0.616. The standard InChI is InChI=1S/C13H28O4Si/c1-3-5-6-14-7-8-15-9-10-16-11-12-17-18-13-4-2/h3-13H2,1-2H3. The summed E-state index contributed by atoms with van der Waals surface area (Å²) in [7, 11) is 0.616. The lowest BCUT2D eigenvalue weighted by Gasteiger charge is -2.06. The normalized spacial score (nSPS) is 11.0. The monoisotopic (exact) mass is 276 g/mol. The first-order valence-corrected chi connectivity index (χ1v) is 8.11. The van der Waals surface area contributed by atoms with E-state index in [-0.39, 0.29) is 0 Å². The van der Waals surface area contributed by atoms with Gasteiger partial charge < -0.3 is 18.6 Å². The molecule has 0 saturated carbocycles. The third-order valence-corrected chi connectivity index (χ3v) is 3.28. The molecule has 0 aliphatic rings. The Bertz CT molecular complexity index is 131. The first kappa shape index (κ1) is 18.1. The molecule has 5 heteroatoms. The number of hydrogen-bond acceptors (Lipinski definition) is 4. The Labute approximate surface area is 114 Å². The van der Waals surface area contributed by atoms with Crippen molar-refractivity contribution in [1.82, 2.24) is 0 Å². The molecule has 0 bridgehead atoms. The molecule has 0 fully saturated rings. The summed E-state index contributed by atoms with van der Waals surface area (Å²) in [6.45, 7) is 9.12. The van der Waals surface area contributed by atoms with Gasteiger partial charge in [0.05, 0.1) is 39.6 Å². The topological polar surface area (TPSA) is 36.9 Å². The van der Waals surface area contributed by atoms with Crippen LogP contribution in [-0.4, -0.2) is 56.0 Å². The highest BCUT2D eigenvalue weighted by Gasteiger charge is 1.93. The summed E-state index contributed by atoms with van der Waals surface area (Å²) < 4.78 is 21.5. The van der Waals surface area contributed by atoms with Crippen LogP contribution in [0.1, 0.15) is 33.1 Å². The molecule has 0 atom stereocenters. The van der Waals surface area contributed by atoms with Gasteiger partial charge in [0.15, 0.2) is 0 Å². The van der Waals surface area contributed by atoms with E-state index in [0.29, 0.717) is 49.4 Å². The van der Waals surface area contributed by atoms with Gasteiger partial charge in [-0.05, 0) is 12.5 Å². The summed E-state index contributed by atoms with van der Waals surface area (Å²) in [6.07, 6.45) is 3.49. The van der Waals surface area contributed by atoms with Gasteiger partial charge in [-0.25, -0.2) is 0 Å². The highest BCUT2D eigenvalue weighted by Crippen LogP contribution is 1.89. The zero-order chi connectivity index (χ0) is 13.3. The predicted octanol–water partition coefficient (Wildman–Crippen LogP) is 2.30. The van der Waals surface area contributed by atoms with Crippen molar-refractivity contribution in [1.29, 1.82) is 0 Å². The van der Waals surface area contributed by atoms with Gasteiger partial charge in [0, 0.05) is 6.61 Å². The van der Waals surface area contributed by atoms with E-state index >= 15 is 0 Å². The zero-order valence-electron chi connectivity index (χ0n) is 11.9. The number of ether oxygens (including phenoxy) is 3. The number of hydrogen-bond donors (Lipinski definition) is 0. The van der Waals surface area contributed by atoms with Crippen molar-refractivity contribution < 1.29 is 18.6 Å². The molecular formula is C13H28O4Si. The van der Waals surface area contributed by atoms with Crippen molar-refractivity contribution in [2.24, 2.45) is 0 Å². The SMILES string of the molecule is CCCCOCCOCCOCCO[Si]CCC. The van der Waals surface area contributed by atoms with Crippen LogP contribution in [-0.2, 0) is 18.6 Å². The lowest BCUT2D eigenvalue weighted by Crippen LogP contribution is -2.12. The first-order valence-electron chi connectivity index (χ1n) is 6.99. The van der Waals surface area contributed by atoms with Crippen molar-refractivity contribution in [2.75, 3.05) is 46.2 Å². The maximum Gasteiger partial charge on any atom is 0.229 e. The molecule has 4 nitrogen and oxygen atoms in total. The van der Waals surface area contributed by atoms with Gasteiger partial charge >= 0.3 is 0 Å². The maximum absolute atomic E-state index is 5.40. The Hall–Kier alpha value is 0.0569. The maximum atomic E-state index is 5.40. The minimum atomic E-state index is 0.616. The van der Waals surface area contributed by atoms with Gasteiger partial charge in [0.1, 0.15) is 0 Å². The number of unbranched alkanes of at least 4 members (excludes halogenated alkanes) is 1. The molecule has 0 amide bonds. The van der Waals surface area contributed by atoms with Crippen LogP contribution in [0.15, 0.2) is 0 Å². The lowest BCUT2D eigenvalue weighted by atomic mass is 10.4. The fraction of sp³-hybridized carbons (Fsp3) is 1.00. The molecule has 2 radical (unpaired) electrons. The van der Waals surface area contributed by atoms with Crippen molar-refractivity contribution in [3.63, 3.8) is 0 Å². The molecule has 0 rings (SSSR count). The van der Waals surface area contributed by atoms with Crippen LogP contribution in [0, 0.1) is 0 Å².